The molecule has 0 saturated carbocycles. The van der Waals surface area contributed by atoms with E-state index in [2.05, 4.69) is 26.6 Å². The Morgan fingerprint density at radius 2 is 2.08 bits per heavy atom. The second kappa shape index (κ2) is 6.54. The van der Waals surface area contributed by atoms with Crippen LogP contribution in [0.2, 0.25) is 0 Å². The van der Waals surface area contributed by atoms with Crippen molar-refractivity contribution in [3.05, 3.63) is 82.1 Å². The molecule has 0 aliphatic carbocycles. The Hall–Kier alpha value is -2.31. The standard InChI is InChI=1S/C19H16FN3S2/c1-12-11-13(7-8-14(12)20)23-18(16-6-4-10-25-16)17(22-19(23)24)15-5-2-3-9-21-15/h2-11,17-18H,1H3,(H,22,24)/t17-,18+/m0/s1. The molecule has 4 rings (SSSR count). The van der Waals surface area contributed by atoms with Crippen molar-refractivity contribution in [2.75, 3.05) is 4.90 Å². The maximum atomic E-state index is 13.7. The lowest BCUT2D eigenvalue weighted by molar-refractivity contribution is 0.574. The fraction of sp³-hybridized carbons (Fsp3) is 0.158. The van der Waals surface area contributed by atoms with Crippen molar-refractivity contribution in [2.24, 2.45) is 0 Å². The quantitative estimate of drug-likeness (QED) is 0.673. The third-order valence-electron chi connectivity index (χ3n) is 4.35. The Labute approximate surface area is 155 Å². The maximum absolute atomic E-state index is 13.7. The summed E-state index contributed by atoms with van der Waals surface area (Å²) in [5, 5.41) is 6.08. The Morgan fingerprint density at radius 3 is 2.76 bits per heavy atom. The molecule has 1 N–H and O–H groups in total. The second-order valence-electron chi connectivity index (χ2n) is 5.95. The van der Waals surface area contributed by atoms with Crippen LogP contribution in [0.4, 0.5) is 10.1 Å². The van der Waals surface area contributed by atoms with E-state index in [1.54, 1.807) is 30.5 Å². The van der Waals surface area contributed by atoms with Gasteiger partial charge in [0.15, 0.2) is 5.11 Å². The van der Waals surface area contributed by atoms with Gasteiger partial charge in [0.25, 0.3) is 0 Å². The van der Waals surface area contributed by atoms with Gasteiger partial charge >= 0.3 is 0 Å². The van der Waals surface area contributed by atoms with Crippen molar-refractivity contribution in [1.82, 2.24) is 10.3 Å². The molecular formula is C19H16FN3S2. The van der Waals surface area contributed by atoms with E-state index >= 15 is 0 Å². The highest BCUT2D eigenvalue weighted by atomic mass is 32.1. The van der Waals surface area contributed by atoms with E-state index in [-0.39, 0.29) is 17.9 Å². The van der Waals surface area contributed by atoms with Gasteiger partial charge in [-0.2, -0.15) is 0 Å². The van der Waals surface area contributed by atoms with Gasteiger partial charge in [-0.15, -0.1) is 11.3 Å². The Kier molecular flexibility index (Phi) is 4.23. The van der Waals surface area contributed by atoms with Crippen LogP contribution in [0, 0.1) is 12.7 Å². The number of anilines is 1. The van der Waals surface area contributed by atoms with Gasteiger partial charge in [0, 0.05) is 16.8 Å². The average molecular weight is 369 g/mol. The normalized spacial score (nSPS) is 19.9. The van der Waals surface area contributed by atoms with Crippen LogP contribution in [0.15, 0.2) is 60.1 Å². The van der Waals surface area contributed by atoms with Crippen molar-refractivity contribution in [1.29, 1.82) is 0 Å². The summed E-state index contributed by atoms with van der Waals surface area (Å²) in [6.07, 6.45) is 1.79. The molecule has 3 heterocycles. The molecule has 126 valence electrons. The summed E-state index contributed by atoms with van der Waals surface area (Å²) in [5.74, 6) is -0.212. The molecular weight excluding hydrogens is 353 g/mol. The molecule has 25 heavy (non-hydrogen) atoms. The van der Waals surface area contributed by atoms with E-state index in [0.717, 1.165) is 11.4 Å². The van der Waals surface area contributed by atoms with E-state index < -0.39 is 0 Å². The number of aromatic nitrogens is 1. The van der Waals surface area contributed by atoms with E-state index in [1.807, 2.05) is 30.3 Å². The lowest BCUT2D eigenvalue weighted by atomic mass is 10.0. The Balaban J connectivity index is 1.82. The molecule has 1 fully saturated rings. The molecule has 1 aliphatic heterocycles. The van der Waals surface area contributed by atoms with Gasteiger partial charge in [-0.25, -0.2) is 4.39 Å². The van der Waals surface area contributed by atoms with E-state index in [4.69, 9.17) is 12.2 Å². The van der Waals surface area contributed by atoms with Gasteiger partial charge in [0.1, 0.15) is 5.82 Å². The van der Waals surface area contributed by atoms with E-state index in [0.29, 0.717) is 10.7 Å². The third-order valence-corrected chi connectivity index (χ3v) is 5.61. The molecule has 0 unspecified atom stereocenters. The van der Waals surface area contributed by atoms with Crippen LogP contribution in [0.3, 0.4) is 0 Å². The van der Waals surface area contributed by atoms with Gasteiger partial charge in [-0.1, -0.05) is 12.1 Å². The number of halogens is 1. The molecule has 1 aromatic carbocycles. The minimum absolute atomic E-state index is 0.0211. The largest absolute Gasteiger partial charge is 0.351 e. The molecule has 3 nitrogen and oxygen atoms in total. The maximum Gasteiger partial charge on any atom is 0.174 e. The molecule has 0 bridgehead atoms. The summed E-state index contributed by atoms with van der Waals surface area (Å²) in [6, 6.07) is 15.0. The van der Waals surface area contributed by atoms with Crippen LogP contribution in [-0.2, 0) is 0 Å². The SMILES string of the molecule is Cc1cc(N2C(=S)N[C@@H](c3ccccn3)[C@H]2c2cccs2)ccc1F. The zero-order valence-electron chi connectivity index (χ0n) is 13.5. The van der Waals surface area contributed by atoms with Crippen molar-refractivity contribution >= 4 is 34.4 Å². The van der Waals surface area contributed by atoms with E-state index in [9.17, 15) is 4.39 Å². The lowest BCUT2D eigenvalue weighted by Gasteiger charge is -2.27. The fourth-order valence-electron chi connectivity index (χ4n) is 3.16. The van der Waals surface area contributed by atoms with Crippen LogP contribution in [-0.4, -0.2) is 10.1 Å². The molecule has 1 saturated heterocycles. The topological polar surface area (TPSA) is 28.2 Å². The molecule has 0 amide bonds. The van der Waals surface area contributed by atoms with Gasteiger partial charge in [-0.05, 0) is 66.5 Å². The van der Waals surface area contributed by atoms with Crippen LogP contribution < -0.4 is 10.2 Å². The summed E-state index contributed by atoms with van der Waals surface area (Å²) in [7, 11) is 0. The Bertz CT molecular complexity index is 896. The highest BCUT2D eigenvalue weighted by Gasteiger charge is 2.41. The van der Waals surface area contributed by atoms with Crippen LogP contribution in [0.25, 0.3) is 0 Å². The van der Waals surface area contributed by atoms with Gasteiger partial charge in [0.05, 0.1) is 17.8 Å². The fourth-order valence-corrected chi connectivity index (χ4v) is 4.36. The number of nitrogens with zero attached hydrogens (tertiary/aromatic N) is 2. The molecule has 3 aromatic rings. The van der Waals surface area contributed by atoms with Gasteiger partial charge in [-0.3, -0.25) is 4.98 Å². The minimum Gasteiger partial charge on any atom is -0.351 e. The number of thiophene rings is 1. The molecule has 1 aliphatic rings. The highest BCUT2D eigenvalue weighted by Crippen LogP contribution is 2.43. The third kappa shape index (κ3) is 2.92. The van der Waals surface area contributed by atoms with Gasteiger partial charge in [0.2, 0.25) is 0 Å². The van der Waals surface area contributed by atoms with Crippen LogP contribution >= 0.6 is 23.6 Å². The Morgan fingerprint density at radius 1 is 1.20 bits per heavy atom. The lowest BCUT2D eigenvalue weighted by Crippen LogP contribution is -2.29. The summed E-state index contributed by atoms with van der Waals surface area (Å²) < 4.78 is 13.7. The van der Waals surface area contributed by atoms with Crippen molar-refractivity contribution < 1.29 is 4.39 Å². The van der Waals surface area contributed by atoms with Crippen molar-refractivity contribution in [2.45, 2.75) is 19.0 Å². The van der Waals surface area contributed by atoms with Crippen LogP contribution in [0.5, 0.6) is 0 Å². The average Bonchev–Trinajstić information content (AvgIpc) is 3.25. The molecule has 6 heteroatoms. The number of pyridine rings is 1. The number of thiocarbonyl (C=S) groups is 1. The number of aryl methyl sites for hydroxylation is 1. The van der Waals surface area contributed by atoms with Crippen molar-refractivity contribution in [3.8, 4) is 0 Å². The summed E-state index contributed by atoms with van der Waals surface area (Å²) >= 11 is 7.31. The number of hydrogen-bond acceptors (Lipinski definition) is 3. The predicted molar refractivity (Wildman–Crippen MR) is 103 cm³/mol. The van der Waals surface area contributed by atoms with Crippen molar-refractivity contribution in [3.63, 3.8) is 0 Å². The molecule has 0 spiro atoms. The van der Waals surface area contributed by atoms with Gasteiger partial charge < -0.3 is 10.2 Å². The first-order valence-electron chi connectivity index (χ1n) is 7.95. The number of hydrogen-bond donors (Lipinski definition) is 1. The molecule has 2 aromatic heterocycles. The summed E-state index contributed by atoms with van der Waals surface area (Å²) in [4.78, 5) is 7.76. The predicted octanol–water partition coefficient (Wildman–Crippen LogP) is 4.77. The smallest absolute Gasteiger partial charge is 0.174 e. The molecule has 2 atom stereocenters. The first-order valence-corrected chi connectivity index (χ1v) is 9.24. The first-order chi connectivity index (χ1) is 12.1. The first kappa shape index (κ1) is 16.2. The second-order valence-corrected chi connectivity index (χ2v) is 7.31. The zero-order valence-corrected chi connectivity index (χ0v) is 15.2. The summed E-state index contributed by atoms with van der Waals surface area (Å²) in [5.41, 5.74) is 2.42. The van der Waals surface area contributed by atoms with Crippen LogP contribution in [0.1, 0.15) is 28.2 Å². The zero-order chi connectivity index (χ0) is 17.4. The van der Waals surface area contributed by atoms with E-state index in [1.165, 1.54) is 10.9 Å². The highest BCUT2D eigenvalue weighted by molar-refractivity contribution is 7.80. The minimum atomic E-state index is -0.212. The number of nitrogens with one attached hydrogen (secondary N) is 1. The number of rotatable bonds is 3. The molecule has 0 radical (unpaired) electrons. The monoisotopic (exact) mass is 369 g/mol. The number of benzene rings is 1. The summed E-state index contributed by atoms with van der Waals surface area (Å²) in [6.45, 7) is 1.77.